The normalized spacial score (nSPS) is 17.3. The van der Waals surface area contributed by atoms with Gasteiger partial charge in [-0.05, 0) is 18.6 Å². The molecule has 18 heavy (non-hydrogen) atoms. The predicted molar refractivity (Wildman–Crippen MR) is 70.2 cm³/mol. The van der Waals surface area contributed by atoms with Crippen molar-refractivity contribution >= 4 is 11.6 Å². The number of ether oxygens (including phenoxy) is 1. The van der Waals surface area contributed by atoms with E-state index in [2.05, 4.69) is 23.0 Å². The zero-order valence-electron chi connectivity index (χ0n) is 10.1. The van der Waals surface area contributed by atoms with E-state index in [0.717, 1.165) is 29.3 Å². The molecular weight excluding hydrogens is 248 g/mol. The zero-order valence-corrected chi connectivity index (χ0v) is 10.8. The lowest BCUT2D eigenvalue weighted by molar-refractivity contribution is 0.339. The molecule has 1 unspecified atom stereocenters. The van der Waals surface area contributed by atoms with Crippen molar-refractivity contribution in [2.45, 2.75) is 19.3 Å². The first-order valence-electron chi connectivity index (χ1n) is 6.03. The highest BCUT2D eigenvalue weighted by Gasteiger charge is 2.27. The fourth-order valence-corrected chi connectivity index (χ4v) is 2.41. The number of hydrogen-bond acceptors (Lipinski definition) is 3. The summed E-state index contributed by atoms with van der Waals surface area (Å²) in [6, 6.07) is 9.82. The second kappa shape index (κ2) is 4.58. The van der Waals surface area contributed by atoms with E-state index in [-0.39, 0.29) is 5.92 Å². The summed E-state index contributed by atoms with van der Waals surface area (Å²) in [5.41, 5.74) is 2.11. The fourth-order valence-electron chi connectivity index (χ4n) is 2.20. The lowest BCUT2D eigenvalue weighted by atomic mass is 10.0. The third-order valence-corrected chi connectivity index (χ3v) is 3.33. The molecule has 0 fully saturated rings. The number of fused-ring (bicyclic) bond motifs is 1. The van der Waals surface area contributed by atoms with Crippen molar-refractivity contribution in [1.82, 2.24) is 9.97 Å². The van der Waals surface area contributed by atoms with Crippen molar-refractivity contribution in [3.05, 3.63) is 52.6 Å². The highest BCUT2D eigenvalue weighted by Crippen LogP contribution is 2.36. The zero-order chi connectivity index (χ0) is 12.5. The van der Waals surface area contributed by atoms with Gasteiger partial charge >= 0.3 is 0 Å². The molecule has 0 aliphatic carbocycles. The number of halogens is 1. The molecule has 2 aromatic rings. The Morgan fingerprint density at radius 3 is 3.00 bits per heavy atom. The van der Waals surface area contributed by atoms with Crippen LogP contribution in [0, 0.1) is 0 Å². The molecule has 1 aromatic carbocycles. The molecule has 0 spiro atoms. The molecule has 0 radical (unpaired) electrons. The SMILES string of the molecule is CCc1cc(Cl)nc(C2COc3ccccc32)n1. The summed E-state index contributed by atoms with van der Waals surface area (Å²) in [4.78, 5) is 8.89. The smallest absolute Gasteiger partial charge is 0.141 e. The van der Waals surface area contributed by atoms with Gasteiger partial charge in [-0.25, -0.2) is 9.97 Å². The Morgan fingerprint density at radius 1 is 1.33 bits per heavy atom. The van der Waals surface area contributed by atoms with Crippen LogP contribution in [0.15, 0.2) is 30.3 Å². The predicted octanol–water partition coefficient (Wildman–Crippen LogP) is 3.22. The molecule has 1 aliphatic heterocycles. The lowest BCUT2D eigenvalue weighted by Gasteiger charge is -2.09. The Bertz CT molecular complexity index is 586. The van der Waals surface area contributed by atoms with Gasteiger partial charge in [-0.15, -0.1) is 0 Å². The van der Waals surface area contributed by atoms with Gasteiger partial charge in [-0.3, -0.25) is 0 Å². The van der Waals surface area contributed by atoms with Gasteiger partial charge in [0.1, 0.15) is 23.3 Å². The van der Waals surface area contributed by atoms with Crippen LogP contribution in [0.25, 0.3) is 0 Å². The van der Waals surface area contributed by atoms with E-state index in [4.69, 9.17) is 16.3 Å². The van der Waals surface area contributed by atoms with Crippen LogP contribution in [0.3, 0.4) is 0 Å². The van der Waals surface area contributed by atoms with Crippen LogP contribution in [0.1, 0.15) is 29.9 Å². The lowest BCUT2D eigenvalue weighted by Crippen LogP contribution is -2.09. The first kappa shape index (κ1) is 11.5. The van der Waals surface area contributed by atoms with Crippen molar-refractivity contribution in [3.8, 4) is 5.75 Å². The maximum atomic E-state index is 6.04. The average Bonchev–Trinajstić information content (AvgIpc) is 2.81. The van der Waals surface area contributed by atoms with Gasteiger partial charge in [0.2, 0.25) is 0 Å². The topological polar surface area (TPSA) is 35.0 Å². The Balaban J connectivity index is 2.04. The number of aryl methyl sites for hydroxylation is 1. The summed E-state index contributed by atoms with van der Waals surface area (Å²) in [7, 11) is 0. The van der Waals surface area contributed by atoms with E-state index in [1.165, 1.54) is 0 Å². The third kappa shape index (κ3) is 1.95. The number of benzene rings is 1. The Morgan fingerprint density at radius 2 is 2.17 bits per heavy atom. The quantitative estimate of drug-likeness (QED) is 0.778. The number of rotatable bonds is 2. The first-order chi connectivity index (χ1) is 8.78. The van der Waals surface area contributed by atoms with E-state index in [1.807, 2.05) is 24.3 Å². The summed E-state index contributed by atoms with van der Waals surface area (Å²) in [5.74, 6) is 1.76. The van der Waals surface area contributed by atoms with Gasteiger partial charge in [0.25, 0.3) is 0 Å². The van der Waals surface area contributed by atoms with Crippen molar-refractivity contribution in [2.24, 2.45) is 0 Å². The molecule has 4 heteroatoms. The Hall–Kier alpha value is -1.61. The maximum absolute atomic E-state index is 6.04. The van der Waals surface area contributed by atoms with E-state index in [0.29, 0.717) is 11.8 Å². The molecule has 0 saturated heterocycles. The van der Waals surface area contributed by atoms with Crippen molar-refractivity contribution in [1.29, 1.82) is 0 Å². The minimum absolute atomic E-state index is 0.0881. The number of para-hydroxylation sites is 1. The van der Waals surface area contributed by atoms with E-state index in [1.54, 1.807) is 0 Å². The highest BCUT2D eigenvalue weighted by atomic mass is 35.5. The van der Waals surface area contributed by atoms with Crippen LogP contribution in [-0.4, -0.2) is 16.6 Å². The Kier molecular flexibility index (Phi) is 2.92. The minimum Gasteiger partial charge on any atom is -0.492 e. The van der Waals surface area contributed by atoms with Gasteiger partial charge in [-0.2, -0.15) is 0 Å². The summed E-state index contributed by atoms with van der Waals surface area (Å²) in [5, 5.41) is 0.501. The van der Waals surface area contributed by atoms with Gasteiger partial charge in [0.15, 0.2) is 0 Å². The van der Waals surface area contributed by atoms with E-state index in [9.17, 15) is 0 Å². The molecule has 0 N–H and O–H groups in total. The van der Waals surface area contributed by atoms with Crippen molar-refractivity contribution < 1.29 is 4.74 Å². The molecule has 3 rings (SSSR count). The second-order valence-electron chi connectivity index (χ2n) is 4.30. The van der Waals surface area contributed by atoms with Crippen LogP contribution in [-0.2, 0) is 6.42 Å². The monoisotopic (exact) mass is 260 g/mol. The van der Waals surface area contributed by atoms with Crippen LogP contribution in [0.2, 0.25) is 5.15 Å². The van der Waals surface area contributed by atoms with Gasteiger partial charge < -0.3 is 4.74 Å². The van der Waals surface area contributed by atoms with Crippen LogP contribution in [0.4, 0.5) is 0 Å². The van der Waals surface area contributed by atoms with E-state index < -0.39 is 0 Å². The van der Waals surface area contributed by atoms with Gasteiger partial charge in [0, 0.05) is 11.3 Å². The van der Waals surface area contributed by atoms with Gasteiger partial charge in [0.05, 0.1) is 5.92 Å². The molecule has 0 saturated carbocycles. The van der Waals surface area contributed by atoms with Crippen LogP contribution in [0.5, 0.6) is 5.75 Å². The molecule has 92 valence electrons. The maximum Gasteiger partial charge on any atom is 0.141 e. The largest absolute Gasteiger partial charge is 0.492 e. The summed E-state index contributed by atoms with van der Waals surface area (Å²) in [6.45, 7) is 2.64. The highest BCUT2D eigenvalue weighted by molar-refractivity contribution is 6.29. The number of hydrogen-bond donors (Lipinski definition) is 0. The average molecular weight is 261 g/mol. The number of nitrogens with zero attached hydrogens (tertiary/aromatic N) is 2. The molecule has 1 aromatic heterocycles. The molecule has 1 atom stereocenters. The summed E-state index contributed by atoms with van der Waals surface area (Å²) < 4.78 is 5.66. The standard InChI is InChI=1S/C14H13ClN2O/c1-2-9-7-13(15)17-14(16-9)11-8-18-12-6-4-3-5-10(11)12/h3-7,11H,2,8H2,1H3. The second-order valence-corrected chi connectivity index (χ2v) is 4.68. The molecule has 2 heterocycles. The first-order valence-corrected chi connectivity index (χ1v) is 6.41. The molecule has 3 nitrogen and oxygen atoms in total. The van der Waals surface area contributed by atoms with Crippen molar-refractivity contribution in [2.75, 3.05) is 6.61 Å². The molecule has 0 amide bonds. The summed E-state index contributed by atoms with van der Waals surface area (Å²) >= 11 is 6.04. The van der Waals surface area contributed by atoms with E-state index >= 15 is 0 Å². The fraction of sp³-hybridized carbons (Fsp3) is 0.286. The van der Waals surface area contributed by atoms with Crippen molar-refractivity contribution in [3.63, 3.8) is 0 Å². The molecule has 1 aliphatic rings. The van der Waals surface area contributed by atoms with Crippen LogP contribution < -0.4 is 4.74 Å². The molecular formula is C14H13ClN2O. The number of aromatic nitrogens is 2. The third-order valence-electron chi connectivity index (χ3n) is 3.14. The minimum atomic E-state index is 0.0881. The summed E-state index contributed by atoms with van der Waals surface area (Å²) in [6.07, 6.45) is 0.852. The van der Waals surface area contributed by atoms with Crippen LogP contribution >= 0.6 is 11.6 Å². The Labute approximate surface area is 111 Å². The van der Waals surface area contributed by atoms with Gasteiger partial charge in [-0.1, -0.05) is 36.7 Å². The molecule has 0 bridgehead atoms.